The molecule has 0 saturated heterocycles. The van der Waals surface area contributed by atoms with Gasteiger partial charge in [0.1, 0.15) is 5.75 Å². The fraction of sp³-hybridized carbons (Fsp3) is 0.385. The molecule has 100 valence electrons. The molecule has 0 radical (unpaired) electrons. The fourth-order valence-corrected chi connectivity index (χ4v) is 2.43. The van der Waals surface area contributed by atoms with Crippen LogP contribution in [-0.4, -0.2) is 29.5 Å². The Labute approximate surface area is 109 Å². The zero-order valence-corrected chi connectivity index (χ0v) is 10.4. The highest BCUT2D eigenvalue weighted by atomic mass is 16.9. The fourth-order valence-electron chi connectivity index (χ4n) is 2.43. The topological polar surface area (TPSA) is 70.8 Å². The predicted octanol–water partition coefficient (Wildman–Crippen LogP) is 1.34. The normalized spacial score (nSPS) is 25.2. The maximum absolute atomic E-state index is 11.8. The van der Waals surface area contributed by atoms with E-state index < -0.39 is 12.3 Å². The highest BCUT2D eigenvalue weighted by molar-refractivity contribution is 6.38. The van der Waals surface area contributed by atoms with E-state index in [-0.39, 0.29) is 16.5 Å². The van der Waals surface area contributed by atoms with E-state index in [9.17, 15) is 10.0 Å². The summed E-state index contributed by atoms with van der Waals surface area (Å²) in [5.41, 5.74) is 0.792. The van der Waals surface area contributed by atoms with Crippen LogP contribution in [0.5, 0.6) is 5.75 Å². The molecule has 1 aromatic rings. The molecule has 2 aliphatic rings. The van der Waals surface area contributed by atoms with Crippen molar-refractivity contribution in [3.05, 3.63) is 35.0 Å². The van der Waals surface area contributed by atoms with E-state index in [4.69, 9.17) is 14.3 Å². The number of ether oxygens (including phenoxy) is 2. The molecular weight excluding hydrogens is 250 g/mol. The molecule has 0 aliphatic carbocycles. The molecule has 0 spiro atoms. The quantitative estimate of drug-likeness (QED) is 0.457. The van der Waals surface area contributed by atoms with Crippen molar-refractivity contribution in [1.29, 1.82) is 0 Å². The van der Waals surface area contributed by atoms with E-state index in [1.54, 1.807) is 12.1 Å². The molecule has 19 heavy (non-hydrogen) atoms. The lowest BCUT2D eigenvalue weighted by atomic mass is 9.87. The molecule has 0 amide bonds. The minimum atomic E-state index is -0.659. The van der Waals surface area contributed by atoms with E-state index in [2.05, 4.69) is 0 Å². The largest absolute Gasteiger partial charge is 0.418 e. The first kappa shape index (κ1) is 12.0. The Balaban J connectivity index is 2.04. The van der Waals surface area contributed by atoms with Crippen LogP contribution in [0.25, 0.3) is 0 Å². The van der Waals surface area contributed by atoms with Crippen molar-refractivity contribution in [1.82, 2.24) is 0 Å². The molecule has 2 heterocycles. The third-order valence-electron chi connectivity index (χ3n) is 3.23. The smallest absolute Gasteiger partial charge is 0.411 e. The summed E-state index contributed by atoms with van der Waals surface area (Å²) in [5.74, 6) is -0.513. The van der Waals surface area contributed by atoms with Gasteiger partial charge >= 0.3 is 11.7 Å². The Morgan fingerprint density at radius 3 is 3.05 bits per heavy atom. The zero-order chi connectivity index (χ0) is 13.4. The summed E-state index contributed by atoms with van der Waals surface area (Å²) < 4.78 is 10.5. The van der Waals surface area contributed by atoms with Crippen molar-refractivity contribution in [3.8, 4) is 5.75 Å². The Morgan fingerprint density at radius 1 is 1.47 bits per heavy atom. The second kappa shape index (κ2) is 4.55. The third kappa shape index (κ3) is 1.94. The molecule has 0 N–H and O–H groups in total. The van der Waals surface area contributed by atoms with Gasteiger partial charge in [0.05, 0.1) is 10.8 Å². The average Bonchev–Trinajstić information content (AvgIpc) is 2.38. The molecule has 0 saturated carbocycles. The number of hydrogen-bond acceptors (Lipinski definition) is 5. The number of carbonyl (C=O) groups is 1. The van der Waals surface area contributed by atoms with Gasteiger partial charge in [0.25, 0.3) is 0 Å². The van der Waals surface area contributed by atoms with E-state index >= 15 is 0 Å². The number of rotatable bonds is 2. The summed E-state index contributed by atoms with van der Waals surface area (Å²) in [5, 5.41) is 11.8. The van der Waals surface area contributed by atoms with Crippen LogP contribution in [-0.2, 0) is 14.4 Å². The predicted molar refractivity (Wildman–Crippen MR) is 64.6 cm³/mol. The second-order valence-corrected chi connectivity index (χ2v) is 4.35. The van der Waals surface area contributed by atoms with Gasteiger partial charge < -0.3 is 14.3 Å². The van der Waals surface area contributed by atoms with Crippen LogP contribution in [0.15, 0.2) is 24.3 Å². The highest BCUT2D eigenvalue weighted by Gasteiger charge is 2.46. The van der Waals surface area contributed by atoms with Gasteiger partial charge in [-0.2, -0.15) is 0 Å². The molecular formula is C13H13NO5. The molecule has 6 nitrogen and oxygen atoms in total. The van der Waals surface area contributed by atoms with Crippen molar-refractivity contribution in [2.24, 2.45) is 0 Å². The number of benzene rings is 1. The van der Waals surface area contributed by atoms with Gasteiger partial charge in [0, 0.05) is 18.6 Å². The lowest BCUT2D eigenvalue weighted by molar-refractivity contribution is -0.771. The first-order valence-corrected chi connectivity index (χ1v) is 6.14. The van der Waals surface area contributed by atoms with Gasteiger partial charge in [0.2, 0.25) is 0 Å². The first-order chi connectivity index (χ1) is 9.20. The van der Waals surface area contributed by atoms with Crippen molar-refractivity contribution >= 4 is 11.7 Å². The van der Waals surface area contributed by atoms with E-state index in [1.165, 1.54) is 0 Å². The van der Waals surface area contributed by atoms with E-state index in [0.29, 0.717) is 18.8 Å². The molecule has 1 aromatic carbocycles. The van der Waals surface area contributed by atoms with Crippen LogP contribution in [0.1, 0.15) is 24.8 Å². The lowest BCUT2D eigenvalue weighted by Gasteiger charge is -2.32. The monoisotopic (exact) mass is 263 g/mol. The lowest BCUT2D eigenvalue weighted by Crippen LogP contribution is -2.45. The molecule has 6 heteroatoms. The Bertz CT molecular complexity index is 554. The number of carbonyl (C=O) groups excluding carboxylic acids is 1. The first-order valence-electron chi connectivity index (χ1n) is 6.14. The van der Waals surface area contributed by atoms with E-state index in [1.807, 2.05) is 19.1 Å². The summed E-state index contributed by atoms with van der Waals surface area (Å²) in [6.07, 6.45) is -0.219. The number of hydrogen-bond donors (Lipinski definition) is 0. The van der Waals surface area contributed by atoms with Crippen molar-refractivity contribution in [3.63, 3.8) is 0 Å². The third-order valence-corrected chi connectivity index (χ3v) is 3.23. The molecule has 3 rings (SSSR count). The number of esters is 1. The molecule has 2 atom stereocenters. The van der Waals surface area contributed by atoms with Crippen LogP contribution >= 0.6 is 0 Å². The summed E-state index contributed by atoms with van der Waals surface area (Å²) in [4.78, 5) is 17.1. The average molecular weight is 263 g/mol. The Hall–Kier alpha value is -2.08. The van der Waals surface area contributed by atoms with Gasteiger partial charge in [-0.05, 0) is 13.0 Å². The van der Waals surface area contributed by atoms with Crippen molar-refractivity contribution < 1.29 is 24.0 Å². The number of fused-ring (bicyclic) bond motifs is 3. The maximum atomic E-state index is 11.8. The molecule has 0 unspecified atom stereocenters. The Morgan fingerprint density at radius 2 is 2.26 bits per heavy atom. The summed E-state index contributed by atoms with van der Waals surface area (Å²) in [6, 6.07) is 7.18. The van der Waals surface area contributed by atoms with Gasteiger partial charge in [0.15, 0.2) is 6.29 Å². The van der Waals surface area contributed by atoms with Crippen molar-refractivity contribution in [2.45, 2.75) is 25.6 Å². The highest BCUT2D eigenvalue weighted by Crippen LogP contribution is 2.37. The van der Waals surface area contributed by atoms with Crippen LogP contribution < -0.4 is 4.74 Å². The minimum absolute atomic E-state index is 0.0188. The standard InChI is InChI=1S/C13H13NO5/c1-2-17-11-7-9-8-5-3-4-6-10(8)18-13(15)12(9)14(16)19-11/h3-6,9,11H,2,7H2,1H3/t9-,11+/m1/s1. The molecule has 2 aliphatic heterocycles. The van der Waals surface area contributed by atoms with Crippen LogP contribution in [0.3, 0.4) is 0 Å². The summed E-state index contributed by atoms with van der Waals surface area (Å²) in [7, 11) is 0. The molecule has 0 bridgehead atoms. The summed E-state index contributed by atoms with van der Waals surface area (Å²) in [6.45, 7) is 2.26. The second-order valence-electron chi connectivity index (χ2n) is 4.35. The molecule has 0 aromatic heterocycles. The van der Waals surface area contributed by atoms with Gasteiger partial charge in [-0.15, -0.1) is 0 Å². The van der Waals surface area contributed by atoms with Gasteiger partial charge in [-0.25, -0.2) is 4.79 Å². The number of nitrogens with zero attached hydrogens (tertiary/aromatic N) is 1. The molecule has 0 fully saturated rings. The Kier molecular flexibility index (Phi) is 2.87. The van der Waals surface area contributed by atoms with E-state index in [0.717, 1.165) is 5.56 Å². The number of para-hydroxylation sites is 1. The summed E-state index contributed by atoms with van der Waals surface area (Å²) >= 11 is 0. The minimum Gasteiger partial charge on any atom is -0.418 e. The van der Waals surface area contributed by atoms with Gasteiger partial charge in [-0.3, -0.25) is 5.21 Å². The van der Waals surface area contributed by atoms with Crippen LogP contribution in [0.4, 0.5) is 0 Å². The SMILES string of the molecule is CCO[C@@H]1C[C@H]2C(=[N+]([O-])O1)C(=O)Oc1ccccc12. The zero-order valence-electron chi connectivity index (χ0n) is 10.4. The maximum Gasteiger partial charge on any atom is 0.411 e. The van der Waals surface area contributed by atoms with Crippen LogP contribution in [0.2, 0.25) is 0 Å². The van der Waals surface area contributed by atoms with Crippen LogP contribution in [0, 0.1) is 5.21 Å². The van der Waals surface area contributed by atoms with Gasteiger partial charge in [-0.1, -0.05) is 18.2 Å². The van der Waals surface area contributed by atoms with Crippen molar-refractivity contribution in [2.75, 3.05) is 6.61 Å².